The molecular weight excluding hydrogens is 174 g/mol. The average molecular weight is 187 g/mol. The Hall–Kier alpha value is -1.75. The molecule has 0 aliphatic carbocycles. The standard InChI is InChI=1S/C12H13NO/c1-3-7-12(10(2)13-14)11-8-5-4-6-9-11/h1,4-6,8-9,12,14H,7H2,2H3. The molecule has 2 heteroatoms. The van der Waals surface area contributed by atoms with Crippen molar-refractivity contribution < 1.29 is 5.21 Å². The van der Waals surface area contributed by atoms with E-state index >= 15 is 0 Å². The first-order valence-electron chi connectivity index (χ1n) is 4.46. The van der Waals surface area contributed by atoms with E-state index in [1.165, 1.54) is 0 Å². The van der Waals surface area contributed by atoms with Gasteiger partial charge in [-0.1, -0.05) is 35.5 Å². The second-order valence-corrected chi connectivity index (χ2v) is 3.11. The zero-order chi connectivity index (χ0) is 10.4. The van der Waals surface area contributed by atoms with Gasteiger partial charge >= 0.3 is 0 Å². The highest BCUT2D eigenvalue weighted by atomic mass is 16.4. The zero-order valence-corrected chi connectivity index (χ0v) is 8.14. The van der Waals surface area contributed by atoms with E-state index in [0.29, 0.717) is 12.1 Å². The molecule has 0 aromatic heterocycles. The van der Waals surface area contributed by atoms with Gasteiger partial charge in [-0.15, -0.1) is 12.3 Å². The molecule has 1 aromatic carbocycles. The summed E-state index contributed by atoms with van der Waals surface area (Å²) in [6.45, 7) is 1.77. The van der Waals surface area contributed by atoms with Gasteiger partial charge in [0.2, 0.25) is 0 Å². The van der Waals surface area contributed by atoms with Crippen LogP contribution in [0.2, 0.25) is 0 Å². The van der Waals surface area contributed by atoms with E-state index in [1.54, 1.807) is 6.92 Å². The van der Waals surface area contributed by atoms with E-state index in [0.717, 1.165) is 5.56 Å². The van der Waals surface area contributed by atoms with Gasteiger partial charge in [-0.2, -0.15) is 0 Å². The monoisotopic (exact) mass is 187 g/mol. The maximum absolute atomic E-state index is 8.71. The molecule has 14 heavy (non-hydrogen) atoms. The predicted octanol–water partition coefficient (Wildman–Crippen LogP) is 2.64. The van der Waals surface area contributed by atoms with Crippen molar-refractivity contribution in [3.8, 4) is 12.3 Å². The summed E-state index contributed by atoms with van der Waals surface area (Å²) in [4.78, 5) is 0. The lowest BCUT2D eigenvalue weighted by Gasteiger charge is -2.12. The van der Waals surface area contributed by atoms with Gasteiger partial charge in [0.15, 0.2) is 0 Å². The summed E-state index contributed by atoms with van der Waals surface area (Å²) >= 11 is 0. The third kappa shape index (κ3) is 2.37. The molecule has 0 spiro atoms. The molecular formula is C12H13NO. The normalized spacial score (nSPS) is 13.3. The van der Waals surface area contributed by atoms with Crippen molar-refractivity contribution in [3.63, 3.8) is 0 Å². The molecule has 0 heterocycles. The van der Waals surface area contributed by atoms with Crippen LogP contribution in [-0.2, 0) is 0 Å². The van der Waals surface area contributed by atoms with E-state index in [-0.39, 0.29) is 5.92 Å². The second kappa shape index (κ2) is 5.08. The zero-order valence-electron chi connectivity index (χ0n) is 8.14. The molecule has 1 aromatic rings. The van der Waals surface area contributed by atoms with E-state index in [2.05, 4.69) is 11.1 Å². The highest BCUT2D eigenvalue weighted by Crippen LogP contribution is 2.20. The van der Waals surface area contributed by atoms with Gasteiger partial charge in [-0.3, -0.25) is 0 Å². The Kier molecular flexibility index (Phi) is 3.75. The maximum Gasteiger partial charge on any atom is 0.0624 e. The Morgan fingerprint density at radius 2 is 2.14 bits per heavy atom. The van der Waals surface area contributed by atoms with Crippen LogP contribution in [0.3, 0.4) is 0 Å². The Balaban J connectivity index is 2.96. The Morgan fingerprint density at radius 1 is 1.50 bits per heavy atom. The minimum atomic E-state index is 0.0196. The molecule has 0 saturated heterocycles. The molecule has 1 unspecified atom stereocenters. The molecule has 0 bridgehead atoms. The van der Waals surface area contributed by atoms with Crippen LogP contribution in [0, 0.1) is 12.3 Å². The van der Waals surface area contributed by atoms with Crippen LogP contribution in [0.25, 0.3) is 0 Å². The fraction of sp³-hybridized carbons (Fsp3) is 0.250. The Morgan fingerprint density at radius 3 is 2.64 bits per heavy atom. The van der Waals surface area contributed by atoms with Crippen LogP contribution in [0.15, 0.2) is 35.5 Å². The summed E-state index contributed by atoms with van der Waals surface area (Å²) in [6, 6.07) is 9.81. The first-order valence-corrected chi connectivity index (χ1v) is 4.46. The summed E-state index contributed by atoms with van der Waals surface area (Å²) < 4.78 is 0. The van der Waals surface area contributed by atoms with Crippen LogP contribution < -0.4 is 0 Å². The van der Waals surface area contributed by atoms with Crippen molar-refractivity contribution in [1.29, 1.82) is 0 Å². The van der Waals surface area contributed by atoms with Gasteiger partial charge in [-0.25, -0.2) is 0 Å². The maximum atomic E-state index is 8.71. The van der Waals surface area contributed by atoms with Crippen LogP contribution in [0.5, 0.6) is 0 Å². The SMILES string of the molecule is C#CCC(C(C)=NO)c1ccccc1. The Labute approximate surface area is 84.3 Å². The molecule has 1 N–H and O–H groups in total. The lowest BCUT2D eigenvalue weighted by Crippen LogP contribution is -2.08. The minimum Gasteiger partial charge on any atom is -0.411 e. The third-order valence-electron chi connectivity index (χ3n) is 2.19. The lowest BCUT2D eigenvalue weighted by atomic mass is 9.92. The van der Waals surface area contributed by atoms with Gasteiger partial charge in [-0.05, 0) is 12.5 Å². The van der Waals surface area contributed by atoms with E-state index in [9.17, 15) is 0 Å². The molecule has 0 aliphatic rings. The summed E-state index contributed by atoms with van der Waals surface area (Å²) in [5, 5.41) is 11.9. The van der Waals surface area contributed by atoms with Crippen LogP contribution in [-0.4, -0.2) is 10.9 Å². The first kappa shape index (κ1) is 10.3. The van der Waals surface area contributed by atoms with Crippen LogP contribution in [0.1, 0.15) is 24.8 Å². The first-order chi connectivity index (χ1) is 6.79. The van der Waals surface area contributed by atoms with Crippen LogP contribution in [0.4, 0.5) is 0 Å². The highest BCUT2D eigenvalue weighted by Gasteiger charge is 2.13. The van der Waals surface area contributed by atoms with E-state index in [1.807, 2.05) is 30.3 Å². The van der Waals surface area contributed by atoms with Gasteiger partial charge in [0, 0.05) is 12.3 Å². The molecule has 0 radical (unpaired) electrons. The molecule has 2 nitrogen and oxygen atoms in total. The largest absolute Gasteiger partial charge is 0.411 e. The number of oxime groups is 1. The number of hydrogen-bond donors (Lipinski definition) is 1. The van der Waals surface area contributed by atoms with Gasteiger partial charge in [0.25, 0.3) is 0 Å². The number of nitrogens with zero attached hydrogens (tertiary/aromatic N) is 1. The van der Waals surface area contributed by atoms with Crippen molar-refractivity contribution in [2.24, 2.45) is 5.16 Å². The number of benzene rings is 1. The average Bonchev–Trinajstić information content (AvgIpc) is 2.26. The molecule has 1 rings (SSSR count). The second-order valence-electron chi connectivity index (χ2n) is 3.11. The lowest BCUT2D eigenvalue weighted by molar-refractivity contribution is 0.316. The number of terminal acetylenes is 1. The summed E-state index contributed by atoms with van der Waals surface area (Å²) in [5.41, 5.74) is 1.73. The minimum absolute atomic E-state index is 0.0196. The number of hydrogen-bond acceptors (Lipinski definition) is 2. The third-order valence-corrected chi connectivity index (χ3v) is 2.19. The molecule has 0 saturated carbocycles. The quantitative estimate of drug-likeness (QED) is 0.335. The molecule has 0 fully saturated rings. The van der Waals surface area contributed by atoms with Gasteiger partial charge in [0.05, 0.1) is 5.71 Å². The predicted molar refractivity (Wildman–Crippen MR) is 57.5 cm³/mol. The fourth-order valence-electron chi connectivity index (χ4n) is 1.38. The van der Waals surface area contributed by atoms with E-state index < -0.39 is 0 Å². The summed E-state index contributed by atoms with van der Waals surface area (Å²) in [6.07, 6.45) is 5.83. The molecule has 0 aliphatic heterocycles. The molecule has 72 valence electrons. The summed E-state index contributed by atoms with van der Waals surface area (Å²) in [5.74, 6) is 2.61. The van der Waals surface area contributed by atoms with Crippen LogP contribution >= 0.6 is 0 Å². The fourth-order valence-corrected chi connectivity index (χ4v) is 1.38. The van der Waals surface area contributed by atoms with E-state index in [4.69, 9.17) is 11.6 Å². The van der Waals surface area contributed by atoms with Crippen molar-refractivity contribution in [1.82, 2.24) is 0 Å². The topological polar surface area (TPSA) is 32.6 Å². The number of rotatable bonds is 3. The molecule has 1 atom stereocenters. The van der Waals surface area contributed by atoms with Crippen molar-refractivity contribution in [2.45, 2.75) is 19.3 Å². The summed E-state index contributed by atoms with van der Waals surface area (Å²) in [7, 11) is 0. The smallest absolute Gasteiger partial charge is 0.0624 e. The Bertz CT molecular complexity index is 348. The van der Waals surface area contributed by atoms with Gasteiger partial charge in [0.1, 0.15) is 0 Å². The van der Waals surface area contributed by atoms with Crippen molar-refractivity contribution in [3.05, 3.63) is 35.9 Å². The van der Waals surface area contributed by atoms with Gasteiger partial charge < -0.3 is 5.21 Å². The molecule has 0 amide bonds. The van der Waals surface area contributed by atoms with Crippen molar-refractivity contribution in [2.75, 3.05) is 0 Å². The van der Waals surface area contributed by atoms with Crippen molar-refractivity contribution >= 4 is 5.71 Å². The highest BCUT2D eigenvalue weighted by molar-refractivity contribution is 5.88.